The number of carbonyl (C=O) groups is 1. The van der Waals surface area contributed by atoms with Crippen LogP contribution in [0, 0.1) is 11.3 Å². The molecule has 0 aliphatic heterocycles. The van der Waals surface area contributed by atoms with Crippen LogP contribution in [0.4, 0.5) is 0 Å². The average molecular weight is 250 g/mol. The van der Waals surface area contributed by atoms with Crippen molar-refractivity contribution in [3.05, 3.63) is 71.3 Å². The van der Waals surface area contributed by atoms with Crippen LogP contribution in [-0.4, -0.2) is 5.91 Å². The molecular weight excluding hydrogens is 236 g/mol. The van der Waals surface area contributed by atoms with Gasteiger partial charge in [-0.3, -0.25) is 4.79 Å². The third-order valence-corrected chi connectivity index (χ3v) is 2.77. The first-order valence-corrected chi connectivity index (χ1v) is 6.07. The van der Waals surface area contributed by atoms with E-state index in [9.17, 15) is 4.79 Å². The molecule has 3 heteroatoms. The van der Waals surface area contributed by atoms with Crippen molar-refractivity contribution in [3.63, 3.8) is 0 Å². The Morgan fingerprint density at radius 3 is 2.53 bits per heavy atom. The van der Waals surface area contributed by atoms with E-state index in [1.54, 1.807) is 18.2 Å². The highest BCUT2D eigenvalue weighted by Gasteiger charge is 2.05. The molecule has 0 radical (unpaired) electrons. The molecule has 0 aliphatic carbocycles. The number of rotatable bonds is 4. The summed E-state index contributed by atoms with van der Waals surface area (Å²) in [6.45, 7) is 0.502. The van der Waals surface area contributed by atoms with Crippen LogP contribution in [-0.2, 0) is 13.0 Å². The molecule has 94 valence electrons. The van der Waals surface area contributed by atoms with E-state index >= 15 is 0 Å². The fourth-order valence-corrected chi connectivity index (χ4v) is 1.79. The smallest absolute Gasteiger partial charge is 0.251 e. The summed E-state index contributed by atoms with van der Waals surface area (Å²) in [5, 5.41) is 11.5. The van der Waals surface area contributed by atoms with E-state index < -0.39 is 0 Å². The predicted molar refractivity (Wildman–Crippen MR) is 73.4 cm³/mol. The van der Waals surface area contributed by atoms with E-state index in [4.69, 9.17) is 5.26 Å². The molecule has 2 aromatic carbocycles. The fraction of sp³-hybridized carbons (Fsp3) is 0.125. The quantitative estimate of drug-likeness (QED) is 0.907. The summed E-state index contributed by atoms with van der Waals surface area (Å²) < 4.78 is 0. The minimum Gasteiger partial charge on any atom is -0.348 e. The molecule has 0 bridgehead atoms. The molecule has 0 unspecified atom stereocenters. The second-order valence-corrected chi connectivity index (χ2v) is 4.20. The maximum Gasteiger partial charge on any atom is 0.251 e. The minimum absolute atomic E-state index is 0.122. The Hall–Kier alpha value is -2.60. The number of hydrogen-bond acceptors (Lipinski definition) is 2. The van der Waals surface area contributed by atoms with Crippen molar-refractivity contribution in [2.75, 3.05) is 0 Å². The molecule has 3 nitrogen and oxygen atoms in total. The molecule has 2 aromatic rings. The standard InChI is InChI=1S/C16H14N2O/c17-10-9-13-7-4-8-15(11-13)16(19)18-12-14-5-2-1-3-6-14/h1-8,11H,9,12H2,(H,18,19). The number of nitrogens with one attached hydrogen (secondary N) is 1. The lowest BCUT2D eigenvalue weighted by Crippen LogP contribution is -2.22. The van der Waals surface area contributed by atoms with Crippen molar-refractivity contribution >= 4 is 5.91 Å². The maximum atomic E-state index is 12.0. The van der Waals surface area contributed by atoms with Gasteiger partial charge in [0.05, 0.1) is 12.5 Å². The van der Waals surface area contributed by atoms with Crippen molar-refractivity contribution in [3.8, 4) is 6.07 Å². The Morgan fingerprint density at radius 1 is 1.05 bits per heavy atom. The van der Waals surface area contributed by atoms with Crippen molar-refractivity contribution in [2.45, 2.75) is 13.0 Å². The normalized spacial score (nSPS) is 9.63. The molecule has 1 N–H and O–H groups in total. The van der Waals surface area contributed by atoms with Crippen LogP contribution in [0.25, 0.3) is 0 Å². The highest BCUT2D eigenvalue weighted by Crippen LogP contribution is 2.06. The number of carbonyl (C=O) groups excluding carboxylic acids is 1. The molecule has 0 saturated heterocycles. The van der Waals surface area contributed by atoms with Gasteiger partial charge in [-0.2, -0.15) is 5.26 Å². The Bertz CT molecular complexity index is 600. The molecule has 0 aromatic heterocycles. The highest BCUT2D eigenvalue weighted by molar-refractivity contribution is 5.94. The first kappa shape index (κ1) is 12.8. The van der Waals surface area contributed by atoms with Crippen LogP contribution < -0.4 is 5.32 Å². The van der Waals surface area contributed by atoms with E-state index in [2.05, 4.69) is 11.4 Å². The largest absolute Gasteiger partial charge is 0.348 e. The lowest BCUT2D eigenvalue weighted by Gasteiger charge is -2.06. The van der Waals surface area contributed by atoms with Crippen LogP contribution in [0.2, 0.25) is 0 Å². The van der Waals surface area contributed by atoms with Crippen molar-refractivity contribution < 1.29 is 4.79 Å². The second-order valence-electron chi connectivity index (χ2n) is 4.20. The van der Waals surface area contributed by atoms with E-state index in [0.717, 1.165) is 11.1 Å². The van der Waals surface area contributed by atoms with Gasteiger partial charge in [-0.25, -0.2) is 0 Å². The van der Waals surface area contributed by atoms with Gasteiger partial charge in [-0.05, 0) is 23.3 Å². The molecular formula is C16H14N2O. The number of hydrogen-bond donors (Lipinski definition) is 1. The zero-order valence-electron chi connectivity index (χ0n) is 10.5. The van der Waals surface area contributed by atoms with Gasteiger partial charge in [0.15, 0.2) is 0 Å². The molecule has 0 atom stereocenters. The molecule has 0 fully saturated rings. The van der Waals surface area contributed by atoms with Gasteiger partial charge in [0.2, 0.25) is 0 Å². The van der Waals surface area contributed by atoms with Gasteiger partial charge >= 0.3 is 0 Å². The maximum absolute atomic E-state index is 12.0. The van der Waals surface area contributed by atoms with Crippen LogP contribution in [0.5, 0.6) is 0 Å². The summed E-state index contributed by atoms with van der Waals surface area (Å²) in [7, 11) is 0. The van der Waals surface area contributed by atoms with Crippen LogP contribution in [0.15, 0.2) is 54.6 Å². The predicted octanol–water partition coefficient (Wildman–Crippen LogP) is 2.68. The van der Waals surface area contributed by atoms with Crippen molar-refractivity contribution in [2.24, 2.45) is 0 Å². The van der Waals surface area contributed by atoms with Crippen molar-refractivity contribution in [1.29, 1.82) is 5.26 Å². The average Bonchev–Trinajstić information content (AvgIpc) is 2.46. The zero-order valence-corrected chi connectivity index (χ0v) is 10.5. The highest BCUT2D eigenvalue weighted by atomic mass is 16.1. The van der Waals surface area contributed by atoms with Gasteiger partial charge < -0.3 is 5.32 Å². The lowest BCUT2D eigenvalue weighted by atomic mass is 10.1. The topological polar surface area (TPSA) is 52.9 Å². The van der Waals surface area contributed by atoms with Gasteiger partial charge in [0.25, 0.3) is 5.91 Å². The van der Waals surface area contributed by atoms with Gasteiger partial charge in [0, 0.05) is 12.1 Å². The molecule has 19 heavy (non-hydrogen) atoms. The van der Waals surface area contributed by atoms with E-state index in [1.165, 1.54) is 0 Å². The van der Waals surface area contributed by atoms with Crippen LogP contribution >= 0.6 is 0 Å². The lowest BCUT2D eigenvalue weighted by molar-refractivity contribution is 0.0951. The van der Waals surface area contributed by atoms with Crippen LogP contribution in [0.1, 0.15) is 21.5 Å². The molecule has 0 saturated carbocycles. The van der Waals surface area contributed by atoms with Gasteiger partial charge in [0.1, 0.15) is 0 Å². The Balaban J connectivity index is 2.00. The summed E-state index contributed by atoms with van der Waals surface area (Å²) in [6.07, 6.45) is 0.319. The summed E-state index contributed by atoms with van der Waals surface area (Å²) >= 11 is 0. The number of amides is 1. The second kappa shape index (κ2) is 6.36. The fourth-order valence-electron chi connectivity index (χ4n) is 1.79. The first-order chi connectivity index (χ1) is 9.29. The zero-order chi connectivity index (χ0) is 13.5. The number of benzene rings is 2. The molecule has 0 spiro atoms. The summed E-state index contributed by atoms with van der Waals surface area (Å²) in [5.74, 6) is -0.122. The van der Waals surface area contributed by atoms with Gasteiger partial charge in [-0.1, -0.05) is 42.5 Å². The third-order valence-electron chi connectivity index (χ3n) is 2.77. The third kappa shape index (κ3) is 3.68. The Kier molecular flexibility index (Phi) is 4.30. The SMILES string of the molecule is N#CCc1cccc(C(=O)NCc2ccccc2)c1. The minimum atomic E-state index is -0.122. The monoisotopic (exact) mass is 250 g/mol. The van der Waals surface area contributed by atoms with Crippen molar-refractivity contribution in [1.82, 2.24) is 5.32 Å². The summed E-state index contributed by atoms with van der Waals surface area (Å²) in [4.78, 5) is 12.0. The number of nitrogens with zero attached hydrogens (tertiary/aromatic N) is 1. The molecule has 2 rings (SSSR count). The Labute approximate surface area is 112 Å². The summed E-state index contributed by atoms with van der Waals surface area (Å²) in [6, 6.07) is 19.0. The summed E-state index contributed by atoms with van der Waals surface area (Å²) in [5.41, 5.74) is 2.50. The number of nitriles is 1. The first-order valence-electron chi connectivity index (χ1n) is 6.07. The molecule has 0 heterocycles. The molecule has 1 amide bonds. The van der Waals surface area contributed by atoms with E-state index in [0.29, 0.717) is 18.5 Å². The van der Waals surface area contributed by atoms with Crippen LogP contribution in [0.3, 0.4) is 0 Å². The Morgan fingerprint density at radius 2 is 1.79 bits per heavy atom. The van der Waals surface area contributed by atoms with E-state index in [1.807, 2.05) is 36.4 Å². The van der Waals surface area contributed by atoms with Gasteiger partial charge in [-0.15, -0.1) is 0 Å². The molecule has 0 aliphatic rings. The van der Waals surface area contributed by atoms with E-state index in [-0.39, 0.29) is 5.91 Å².